The smallest absolute Gasteiger partial charge is 0.269 e. The number of hydrogen-bond acceptors (Lipinski definition) is 8. The van der Waals surface area contributed by atoms with Crippen LogP contribution < -0.4 is 9.47 Å². The molecule has 1 N–H and O–H groups in total. The number of non-ortho nitro benzene ring substituents is 1. The molecule has 2 aromatic carbocycles. The first kappa shape index (κ1) is 22.9. The zero-order valence-corrected chi connectivity index (χ0v) is 18.5. The Labute approximate surface area is 191 Å². The second-order valence-corrected chi connectivity index (χ2v) is 7.91. The van der Waals surface area contributed by atoms with Gasteiger partial charge in [-0.2, -0.15) is 0 Å². The van der Waals surface area contributed by atoms with Gasteiger partial charge < -0.3 is 19.3 Å². The van der Waals surface area contributed by atoms with Crippen molar-refractivity contribution in [2.24, 2.45) is 0 Å². The van der Waals surface area contributed by atoms with Crippen LogP contribution in [0.4, 0.5) is 5.69 Å². The fourth-order valence-corrected chi connectivity index (χ4v) is 3.82. The number of morpholine rings is 1. The molecule has 0 radical (unpaired) electrons. The van der Waals surface area contributed by atoms with Gasteiger partial charge in [-0.05, 0) is 37.1 Å². The summed E-state index contributed by atoms with van der Waals surface area (Å²) in [6.45, 7) is 6.49. The highest BCUT2D eigenvalue weighted by atomic mass is 16.6. The summed E-state index contributed by atoms with van der Waals surface area (Å²) in [5.74, 6) is 1.66. The molecule has 0 amide bonds. The largest absolute Gasteiger partial charge is 0.493 e. The van der Waals surface area contributed by atoms with E-state index in [1.807, 2.05) is 12.1 Å². The van der Waals surface area contributed by atoms with Crippen molar-refractivity contribution in [3.05, 3.63) is 63.8 Å². The molecule has 4 rings (SSSR count). The molecule has 0 saturated carbocycles. The Morgan fingerprint density at radius 2 is 1.97 bits per heavy atom. The zero-order valence-electron chi connectivity index (χ0n) is 18.5. The minimum absolute atomic E-state index is 0.0115. The second kappa shape index (κ2) is 10.6. The Hall–Kier alpha value is -3.27. The lowest BCUT2D eigenvalue weighted by Gasteiger charge is -2.26. The van der Waals surface area contributed by atoms with E-state index in [1.165, 1.54) is 12.1 Å². The van der Waals surface area contributed by atoms with Crippen LogP contribution in [0.1, 0.15) is 17.5 Å². The molecular formula is C24H27N3O6. The van der Waals surface area contributed by atoms with Gasteiger partial charge in [0.1, 0.15) is 17.2 Å². The lowest BCUT2D eigenvalue weighted by atomic mass is 10.1. The summed E-state index contributed by atoms with van der Waals surface area (Å²) < 4.78 is 17.4. The molecule has 0 unspecified atom stereocenters. The van der Waals surface area contributed by atoms with E-state index in [2.05, 4.69) is 9.88 Å². The van der Waals surface area contributed by atoms with Crippen LogP contribution in [0.5, 0.6) is 17.2 Å². The summed E-state index contributed by atoms with van der Waals surface area (Å²) in [6.07, 6.45) is 2.51. The maximum Gasteiger partial charge on any atom is 0.269 e. The average molecular weight is 453 g/mol. The molecule has 2 heterocycles. The lowest BCUT2D eigenvalue weighted by molar-refractivity contribution is -0.384. The van der Waals surface area contributed by atoms with Gasteiger partial charge in [-0.15, -0.1) is 0 Å². The first-order valence-electron chi connectivity index (χ1n) is 10.9. The SMILES string of the molecule is Cc1cc([N+](=O)[O-])ccc1Oc1ccnc2cc(OCCCN3CCOCC3)c(CO)cc12. The van der Waals surface area contributed by atoms with Gasteiger partial charge in [-0.3, -0.25) is 20.0 Å². The van der Waals surface area contributed by atoms with Gasteiger partial charge >= 0.3 is 0 Å². The van der Waals surface area contributed by atoms with Gasteiger partial charge in [0.25, 0.3) is 5.69 Å². The predicted octanol–water partition coefficient (Wildman–Crippen LogP) is 3.84. The summed E-state index contributed by atoms with van der Waals surface area (Å²) >= 11 is 0. The maximum atomic E-state index is 11.0. The number of hydrogen-bond donors (Lipinski definition) is 1. The summed E-state index contributed by atoms with van der Waals surface area (Å²) in [4.78, 5) is 17.3. The first-order chi connectivity index (χ1) is 16.0. The fourth-order valence-electron chi connectivity index (χ4n) is 3.82. The summed E-state index contributed by atoms with van der Waals surface area (Å²) in [6, 6.07) is 9.82. The number of aryl methyl sites for hydroxylation is 1. The second-order valence-electron chi connectivity index (χ2n) is 7.91. The molecule has 1 aliphatic rings. The van der Waals surface area contributed by atoms with Crippen molar-refractivity contribution in [2.45, 2.75) is 20.0 Å². The molecule has 9 nitrogen and oxygen atoms in total. The monoisotopic (exact) mass is 453 g/mol. The predicted molar refractivity (Wildman–Crippen MR) is 123 cm³/mol. The number of aliphatic hydroxyl groups is 1. The van der Waals surface area contributed by atoms with Crippen molar-refractivity contribution >= 4 is 16.6 Å². The van der Waals surface area contributed by atoms with E-state index in [0.29, 0.717) is 40.5 Å². The standard InChI is InChI=1S/C24H27N3O6/c1-17-13-19(27(29)30)3-4-22(17)33-23-5-6-25-21-15-24(18(16-28)14-20(21)23)32-10-2-7-26-8-11-31-12-9-26/h3-6,13-15,28H,2,7-12,16H2,1H3. The third kappa shape index (κ3) is 5.57. The van der Waals surface area contributed by atoms with Crippen molar-refractivity contribution in [2.75, 3.05) is 39.5 Å². The van der Waals surface area contributed by atoms with Gasteiger partial charge in [0.15, 0.2) is 0 Å². The quantitative estimate of drug-likeness (QED) is 0.296. The average Bonchev–Trinajstić information content (AvgIpc) is 2.83. The van der Waals surface area contributed by atoms with Crippen LogP contribution in [0.3, 0.4) is 0 Å². The molecule has 1 aromatic heterocycles. The number of nitro groups is 1. The number of nitrogens with zero attached hydrogens (tertiary/aromatic N) is 3. The van der Waals surface area contributed by atoms with Crippen LogP contribution in [0.15, 0.2) is 42.6 Å². The van der Waals surface area contributed by atoms with Gasteiger partial charge in [0.05, 0.1) is 36.9 Å². The molecule has 174 valence electrons. The van der Waals surface area contributed by atoms with Crippen molar-refractivity contribution < 1.29 is 24.2 Å². The van der Waals surface area contributed by atoms with E-state index < -0.39 is 4.92 Å². The number of aromatic nitrogens is 1. The van der Waals surface area contributed by atoms with Crippen LogP contribution in [0.2, 0.25) is 0 Å². The molecule has 0 aliphatic carbocycles. The van der Waals surface area contributed by atoms with Gasteiger partial charge in [-0.1, -0.05) is 0 Å². The van der Waals surface area contributed by atoms with E-state index in [9.17, 15) is 15.2 Å². The van der Waals surface area contributed by atoms with Crippen LogP contribution in [0, 0.1) is 17.0 Å². The van der Waals surface area contributed by atoms with Crippen molar-refractivity contribution in [3.63, 3.8) is 0 Å². The van der Waals surface area contributed by atoms with Crippen LogP contribution in [0.25, 0.3) is 10.9 Å². The fraction of sp³-hybridized carbons (Fsp3) is 0.375. The van der Waals surface area contributed by atoms with Crippen molar-refractivity contribution in [1.82, 2.24) is 9.88 Å². The highest BCUT2D eigenvalue weighted by molar-refractivity contribution is 5.87. The number of fused-ring (bicyclic) bond motifs is 1. The summed E-state index contributed by atoms with van der Waals surface area (Å²) in [5.41, 5.74) is 1.98. The molecule has 1 fully saturated rings. The van der Waals surface area contributed by atoms with Gasteiger partial charge in [0, 0.05) is 55.0 Å². The summed E-state index contributed by atoms with van der Waals surface area (Å²) in [7, 11) is 0. The Morgan fingerprint density at radius 1 is 1.15 bits per heavy atom. The minimum atomic E-state index is -0.436. The number of pyridine rings is 1. The lowest BCUT2D eigenvalue weighted by Crippen LogP contribution is -2.37. The third-order valence-electron chi connectivity index (χ3n) is 5.62. The van der Waals surface area contributed by atoms with E-state index in [-0.39, 0.29) is 12.3 Å². The Balaban J connectivity index is 1.50. The molecule has 33 heavy (non-hydrogen) atoms. The van der Waals surface area contributed by atoms with E-state index >= 15 is 0 Å². The highest BCUT2D eigenvalue weighted by Gasteiger charge is 2.14. The molecular weight excluding hydrogens is 426 g/mol. The van der Waals surface area contributed by atoms with Gasteiger partial charge in [0.2, 0.25) is 0 Å². The maximum absolute atomic E-state index is 11.0. The number of nitro benzene ring substituents is 1. The molecule has 9 heteroatoms. The number of aliphatic hydroxyl groups excluding tert-OH is 1. The molecule has 0 spiro atoms. The van der Waals surface area contributed by atoms with Crippen LogP contribution >= 0.6 is 0 Å². The minimum Gasteiger partial charge on any atom is -0.493 e. The first-order valence-corrected chi connectivity index (χ1v) is 10.9. The molecule has 1 saturated heterocycles. The summed E-state index contributed by atoms with van der Waals surface area (Å²) in [5, 5.41) is 21.6. The number of ether oxygens (including phenoxy) is 3. The molecule has 0 atom stereocenters. The van der Waals surface area contributed by atoms with E-state index in [0.717, 1.165) is 44.7 Å². The Bertz CT molecular complexity index is 1130. The highest BCUT2D eigenvalue weighted by Crippen LogP contribution is 2.35. The Morgan fingerprint density at radius 3 is 2.70 bits per heavy atom. The normalized spacial score (nSPS) is 14.4. The van der Waals surface area contributed by atoms with E-state index in [1.54, 1.807) is 25.3 Å². The van der Waals surface area contributed by atoms with E-state index in [4.69, 9.17) is 14.2 Å². The molecule has 1 aliphatic heterocycles. The van der Waals surface area contributed by atoms with Crippen molar-refractivity contribution in [1.29, 1.82) is 0 Å². The van der Waals surface area contributed by atoms with Crippen LogP contribution in [-0.4, -0.2) is 59.4 Å². The number of benzene rings is 2. The van der Waals surface area contributed by atoms with Crippen LogP contribution in [-0.2, 0) is 11.3 Å². The molecule has 3 aromatic rings. The molecule has 0 bridgehead atoms. The Kier molecular flexibility index (Phi) is 7.33. The van der Waals surface area contributed by atoms with Crippen molar-refractivity contribution in [3.8, 4) is 17.2 Å². The third-order valence-corrected chi connectivity index (χ3v) is 5.62. The zero-order chi connectivity index (χ0) is 23.2. The van der Waals surface area contributed by atoms with Gasteiger partial charge in [-0.25, -0.2) is 0 Å². The number of rotatable bonds is 9. The topological polar surface area (TPSA) is 107 Å².